The number of phenols is 1. The maximum atomic E-state index is 12.7. The van der Waals surface area contributed by atoms with E-state index in [9.17, 15) is 23.1 Å². The Morgan fingerprint density at radius 3 is 2.44 bits per heavy atom. The van der Waals surface area contributed by atoms with Crippen molar-refractivity contribution in [2.45, 2.75) is 13.1 Å². The van der Waals surface area contributed by atoms with Crippen molar-refractivity contribution < 1.29 is 28.1 Å². The Kier molecular flexibility index (Phi) is 5.19. The lowest BCUT2D eigenvalue weighted by Gasteiger charge is -2.31. The molecule has 9 heteroatoms. The lowest BCUT2D eigenvalue weighted by molar-refractivity contribution is -0.367. The van der Waals surface area contributed by atoms with Crippen LogP contribution in [0.15, 0.2) is 30.5 Å². The van der Waals surface area contributed by atoms with E-state index in [2.05, 4.69) is 4.98 Å². The Bertz CT molecular complexity index is 865. The van der Waals surface area contributed by atoms with Gasteiger partial charge in [0.05, 0.1) is 24.2 Å². The summed E-state index contributed by atoms with van der Waals surface area (Å²) in [6.07, 6.45) is -3.59. The van der Waals surface area contributed by atoms with Gasteiger partial charge in [-0.25, -0.2) is 4.98 Å². The summed E-state index contributed by atoms with van der Waals surface area (Å²) in [5.41, 5.74) is 0.253. The first kappa shape index (κ1) is 19.3. The summed E-state index contributed by atoms with van der Waals surface area (Å²) < 4.78 is 38.2. The molecule has 1 saturated heterocycles. The third-order valence-corrected chi connectivity index (χ3v) is 4.75. The maximum Gasteiger partial charge on any atom is 0.419 e. The van der Waals surface area contributed by atoms with E-state index < -0.39 is 11.7 Å². The SMILES string of the molecule is Cc1ccc(O)c(C(=O)N2CCN(c3[nH+]cc(C(F)(F)F)cc3Cl)CC2)c1. The maximum absolute atomic E-state index is 12.7. The number of benzene rings is 1. The zero-order valence-corrected chi connectivity index (χ0v) is 15.2. The van der Waals surface area contributed by atoms with Crippen LogP contribution in [0.2, 0.25) is 5.02 Å². The molecule has 0 bridgehead atoms. The van der Waals surface area contributed by atoms with Crippen molar-refractivity contribution in [3.63, 3.8) is 0 Å². The highest BCUT2D eigenvalue weighted by atomic mass is 35.5. The van der Waals surface area contributed by atoms with Crippen molar-refractivity contribution >= 4 is 23.3 Å². The standard InChI is InChI=1S/C18H17ClF3N3O2/c1-11-2-3-15(26)13(8-11)17(27)25-6-4-24(5-7-25)16-14(19)9-12(10-23-16)18(20,21)22/h2-3,8-10,26H,4-7H2,1H3/p+1. The first-order chi connectivity index (χ1) is 12.7. The third kappa shape index (κ3) is 4.10. The lowest BCUT2D eigenvalue weighted by atomic mass is 10.1. The number of phenolic OH excluding ortho intramolecular Hbond substituents is 1. The molecule has 2 N–H and O–H groups in total. The van der Waals surface area contributed by atoms with Crippen LogP contribution in [0.4, 0.5) is 19.0 Å². The highest BCUT2D eigenvalue weighted by Crippen LogP contribution is 2.32. The van der Waals surface area contributed by atoms with Gasteiger partial charge in [0, 0.05) is 0 Å². The number of aryl methyl sites for hydroxylation is 1. The predicted molar refractivity (Wildman–Crippen MR) is 94.0 cm³/mol. The van der Waals surface area contributed by atoms with Crippen molar-refractivity contribution in [1.82, 2.24) is 4.90 Å². The molecular formula is C18H18ClF3N3O2+. The molecule has 27 heavy (non-hydrogen) atoms. The van der Waals surface area contributed by atoms with E-state index in [-0.39, 0.29) is 22.2 Å². The number of carbonyl (C=O) groups is 1. The van der Waals surface area contributed by atoms with E-state index >= 15 is 0 Å². The number of nitrogens with one attached hydrogen (secondary N) is 1. The number of amides is 1. The molecule has 1 aliphatic heterocycles. The van der Waals surface area contributed by atoms with Crippen LogP contribution in [-0.2, 0) is 6.18 Å². The molecule has 0 radical (unpaired) electrons. The number of hydrogen-bond acceptors (Lipinski definition) is 3. The number of rotatable bonds is 2. The number of nitrogens with zero attached hydrogens (tertiary/aromatic N) is 2. The predicted octanol–water partition coefficient (Wildman–Crippen LogP) is 3.15. The van der Waals surface area contributed by atoms with E-state index in [1.807, 2.05) is 6.92 Å². The molecule has 0 aliphatic carbocycles. The number of H-pyrrole nitrogens is 1. The molecule has 1 aromatic carbocycles. The molecule has 1 aromatic heterocycles. The minimum Gasteiger partial charge on any atom is -0.507 e. The van der Waals surface area contributed by atoms with E-state index in [1.54, 1.807) is 21.9 Å². The van der Waals surface area contributed by atoms with Crippen molar-refractivity contribution in [3.8, 4) is 5.75 Å². The smallest absolute Gasteiger partial charge is 0.419 e. The van der Waals surface area contributed by atoms with Crippen LogP contribution in [0, 0.1) is 6.92 Å². The Labute approximate surface area is 159 Å². The summed E-state index contributed by atoms with van der Waals surface area (Å²) in [4.78, 5) is 18.6. The van der Waals surface area contributed by atoms with Gasteiger partial charge in [-0.15, -0.1) is 0 Å². The van der Waals surface area contributed by atoms with Gasteiger partial charge in [0.15, 0.2) is 0 Å². The fraction of sp³-hybridized carbons (Fsp3) is 0.333. The van der Waals surface area contributed by atoms with Gasteiger partial charge in [-0.2, -0.15) is 13.2 Å². The molecule has 1 amide bonds. The molecule has 0 spiro atoms. The van der Waals surface area contributed by atoms with Crippen LogP contribution in [0.1, 0.15) is 21.5 Å². The van der Waals surface area contributed by atoms with Gasteiger partial charge < -0.3 is 10.0 Å². The van der Waals surface area contributed by atoms with Gasteiger partial charge in [-0.1, -0.05) is 23.2 Å². The highest BCUT2D eigenvalue weighted by Gasteiger charge is 2.35. The number of anilines is 1. The second-order valence-electron chi connectivity index (χ2n) is 6.38. The second-order valence-corrected chi connectivity index (χ2v) is 6.79. The molecule has 5 nitrogen and oxygen atoms in total. The van der Waals surface area contributed by atoms with Crippen LogP contribution in [0.25, 0.3) is 0 Å². The fourth-order valence-corrected chi connectivity index (χ4v) is 3.28. The van der Waals surface area contributed by atoms with Gasteiger partial charge in [0.1, 0.15) is 30.1 Å². The molecule has 0 unspecified atom stereocenters. The van der Waals surface area contributed by atoms with Gasteiger partial charge >= 0.3 is 6.18 Å². The zero-order valence-electron chi connectivity index (χ0n) is 14.5. The summed E-state index contributed by atoms with van der Waals surface area (Å²) in [7, 11) is 0. The highest BCUT2D eigenvalue weighted by molar-refractivity contribution is 6.32. The summed E-state index contributed by atoms with van der Waals surface area (Å²) in [5, 5.41) is 9.89. The van der Waals surface area contributed by atoms with Crippen LogP contribution >= 0.6 is 11.6 Å². The monoisotopic (exact) mass is 400 g/mol. The summed E-state index contributed by atoms with van der Waals surface area (Å²) in [5.74, 6) is 0.0284. The number of aromatic hydroxyl groups is 1. The van der Waals surface area contributed by atoms with Crippen LogP contribution < -0.4 is 9.88 Å². The van der Waals surface area contributed by atoms with Gasteiger partial charge in [0.25, 0.3) is 11.7 Å². The lowest BCUT2D eigenvalue weighted by Crippen LogP contribution is -2.50. The Balaban J connectivity index is 1.70. The number of pyridine rings is 1. The van der Waals surface area contributed by atoms with Crippen molar-refractivity contribution in [2.75, 3.05) is 31.1 Å². The number of aromatic nitrogens is 1. The van der Waals surface area contributed by atoms with Crippen molar-refractivity contribution in [1.29, 1.82) is 0 Å². The van der Waals surface area contributed by atoms with Crippen LogP contribution in [-0.4, -0.2) is 42.1 Å². The molecule has 1 aliphatic rings. The molecule has 1 fully saturated rings. The largest absolute Gasteiger partial charge is 0.507 e. The minimum atomic E-state index is -4.47. The molecule has 2 heterocycles. The molecule has 0 atom stereocenters. The van der Waals surface area contributed by atoms with Gasteiger partial charge in [-0.05, 0) is 25.1 Å². The van der Waals surface area contributed by atoms with E-state index in [0.717, 1.165) is 17.8 Å². The minimum absolute atomic E-state index is 0.0269. The first-order valence-corrected chi connectivity index (χ1v) is 8.67. The second kappa shape index (κ2) is 7.26. The molecule has 2 aromatic rings. The third-order valence-electron chi connectivity index (χ3n) is 4.47. The van der Waals surface area contributed by atoms with Gasteiger partial charge in [-0.3, -0.25) is 9.69 Å². The number of alkyl halides is 3. The van der Waals surface area contributed by atoms with Crippen LogP contribution in [0.5, 0.6) is 5.75 Å². The summed E-state index contributed by atoms with van der Waals surface area (Å²) in [6.45, 7) is 3.35. The number of halogens is 4. The van der Waals surface area contributed by atoms with E-state index in [0.29, 0.717) is 32.0 Å². The molecule has 144 valence electrons. The van der Waals surface area contributed by atoms with Crippen molar-refractivity contribution in [3.05, 3.63) is 52.2 Å². The van der Waals surface area contributed by atoms with E-state index in [4.69, 9.17) is 11.6 Å². The topological polar surface area (TPSA) is 57.9 Å². The van der Waals surface area contributed by atoms with Crippen LogP contribution in [0.3, 0.4) is 0 Å². The Hall–Kier alpha value is -2.48. The first-order valence-electron chi connectivity index (χ1n) is 8.29. The number of carbonyl (C=O) groups excluding carboxylic acids is 1. The quantitative estimate of drug-likeness (QED) is 0.842. The average Bonchev–Trinajstić information content (AvgIpc) is 2.62. The molecule has 0 saturated carbocycles. The average molecular weight is 401 g/mol. The van der Waals surface area contributed by atoms with Crippen molar-refractivity contribution in [2.24, 2.45) is 0 Å². The summed E-state index contributed by atoms with van der Waals surface area (Å²) in [6, 6.07) is 5.71. The fourth-order valence-electron chi connectivity index (χ4n) is 2.99. The number of hydrogen-bond donors (Lipinski definition) is 1. The van der Waals surface area contributed by atoms with E-state index in [1.165, 1.54) is 6.07 Å². The Morgan fingerprint density at radius 2 is 1.85 bits per heavy atom. The molecular weight excluding hydrogens is 383 g/mol. The molecule has 3 rings (SSSR count). The van der Waals surface area contributed by atoms with Gasteiger partial charge in [0.2, 0.25) is 0 Å². The number of piperazine rings is 1. The number of aromatic amines is 1. The summed E-state index contributed by atoms with van der Waals surface area (Å²) >= 11 is 6.02. The Morgan fingerprint density at radius 1 is 1.19 bits per heavy atom. The zero-order chi connectivity index (χ0) is 19.8. The normalized spacial score (nSPS) is 15.1.